The first-order chi connectivity index (χ1) is 16.5. The summed E-state index contributed by atoms with van der Waals surface area (Å²) in [7, 11) is 0. The number of ether oxygens (including phenoxy) is 2. The molecule has 1 aliphatic heterocycles. The van der Waals surface area contributed by atoms with Crippen molar-refractivity contribution in [1.29, 1.82) is 10.5 Å². The first-order valence-electron chi connectivity index (χ1n) is 12.3. The summed E-state index contributed by atoms with van der Waals surface area (Å²) in [5, 5.41) is 23.5. The zero-order chi connectivity index (χ0) is 24.5. The molecule has 1 heterocycles. The van der Waals surface area contributed by atoms with Crippen molar-refractivity contribution < 1.29 is 9.47 Å². The van der Waals surface area contributed by atoms with Crippen LogP contribution in [0.2, 0.25) is 0 Å². The molecule has 0 saturated heterocycles. The van der Waals surface area contributed by atoms with E-state index >= 15 is 0 Å². The molecule has 6 heteroatoms. The minimum Gasteiger partial charge on any atom is -0.491 e. The van der Waals surface area contributed by atoms with Crippen LogP contribution in [0.5, 0.6) is 11.5 Å². The number of nitriles is 2. The number of unbranched alkanes of at least 4 members (excludes halogenated alkanes) is 2. The Morgan fingerprint density at radius 1 is 0.824 bits per heavy atom. The van der Waals surface area contributed by atoms with Gasteiger partial charge in [-0.2, -0.15) is 10.5 Å². The number of nitrogens with zero attached hydrogens (tertiary/aromatic N) is 2. The second kappa shape index (κ2) is 12.6. The number of fused-ring (bicyclic) bond motifs is 2. The van der Waals surface area contributed by atoms with Crippen molar-refractivity contribution in [2.75, 3.05) is 18.5 Å². The van der Waals surface area contributed by atoms with Crippen molar-refractivity contribution in [2.45, 2.75) is 76.0 Å². The summed E-state index contributed by atoms with van der Waals surface area (Å²) in [6.45, 7) is 9.87. The Labute approximate surface area is 208 Å². The lowest BCUT2D eigenvalue weighted by atomic mass is 10.0. The zero-order valence-corrected chi connectivity index (χ0v) is 21.6. The van der Waals surface area contributed by atoms with Gasteiger partial charge in [0.05, 0.1) is 23.8 Å². The maximum atomic E-state index is 10.0. The minimum atomic E-state index is 0.245. The molecule has 0 aliphatic carbocycles. The number of para-hydroxylation sites is 1. The summed E-state index contributed by atoms with van der Waals surface area (Å²) in [6, 6.07) is 12.5. The molecule has 0 amide bonds. The van der Waals surface area contributed by atoms with Gasteiger partial charge in [0.25, 0.3) is 0 Å². The van der Waals surface area contributed by atoms with Crippen LogP contribution in [0.4, 0.5) is 11.4 Å². The van der Waals surface area contributed by atoms with E-state index in [-0.39, 0.29) is 11.1 Å². The van der Waals surface area contributed by atoms with Gasteiger partial charge in [0, 0.05) is 4.90 Å². The van der Waals surface area contributed by atoms with E-state index in [1.807, 2.05) is 24.3 Å². The minimum absolute atomic E-state index is 0.245. The van der Waals surface area contributed by atoms with E-state index in [0.29, 0.717) is 36.5 Å². The highest BCUT2D eigenvalue weighted by molar-refractivity contribution is 7.99. The predicted molar refractivity (Wildman–Crippen MR) is 138 cm³/mol. The summed E-state index contributed by atoms with van der Waals surface area (Å²) in [5.41, 5.74) is 2.19. The molecule has 0 atom stereocenters. The van der Waals surface area contributed by atoms with Gasteiger partial charge >= 0.3 is 0 Å². The van der Waals surface area contributed by atoms with Crippen LogP contribution in [-0.4, -0.2) is 13.2 Å². The Morgan fingerprint density at radius 2 is 1.38 bits per heavy atom. The van der Waals surface area contributed by atoms with Crippen LogP contribution >= 0.6 is 11.8 Å². The van der Waals surface area contributed by atoms with Crippen LogP contribution < -0.4 is 14.8 Å². The number of benzene rings is 2. The van der Waals surface area contributed by atoms with Crippen LogP contribution in [-0.2, 0) is 0 Å². The van der Waals surface area contributed by atoms with Gasteiger partial charge in [-0.15, -0.1) is 0 Å². The summed E-state index contributed by atoms with van der Waals surface area (Å²) in [4.78, 5) is 1.87. The highest BCUT2D eigenvalue weighted by Crippen LogP contribution is 2.54. The van der Waals surface area contributed by atoms with E-state index in [1.54, 1.807) is 11.8 Å². The van der Waals surface area contributed by atoms with Gasteiger partial charge in [-0.1, -0.05) is 64.4 Å². The van der Waals surface area contributed by atoms with Crippen LogP contribution in [0.1, 0.15) is 77.3 Å². The molecule has 1 N–H and O–H groups in total. The Morgan fingerprint density at radius 3 is 1.97 bits per heavy atom. The zero-order valence-electron chi connectivity index (χ0n) is 20.7. The molecule has 0 spiro atoms. The molecule has 5 nitrogen and oxygen atoms in total. The summed E-state index contributed by atoms with van der Waals surface area (Å²) >= 11 is 1.56. The summed E-state index contributed by atoms with van der Waals surface area (Å²) in [6.07, 6.45) is 6.22. The Kier molecular flexibility index (Phi) is 9.54. The third-order valence-corrected chi connectivity index (χ3v) is 6.96. The molecule has 0 bridgehead atoms. The molecule has 0 unspecified atom stereocenters. The molecule has 180 valence electrons. The topological polar surface area (TPSA) is 78.1 Å². The fraction of sp³-hybridized carbons (Fsp3) is 0.500. The van der Waals surface area contributed by atoms with Crippen molar-refractivity contribution >= 4 is 23.1 Å². The van der Waals surface area contributed by atoms with Crippen LogP contribution in [0.3, 0.4) is 0 Å². The van der Waals surface area contributed by atoms with Gasteiger partial charge in [-0.3, -0.25) is 0 Å². The largest absolute Gasteiger partial charge is 0.491 e. The smallest absolute Gasteiger partial charge is 0.163 e. The standard InChI is InChI=1S/C28H35N3O2S/c1-19(2)11-7-9-15-32-26-21(17-29)22(18-30)27(33-16-10-8-12-20(3)4)28-25(26)31-23-13-5-6-14-24(23)34-28/h5-6,13-14,19-20,31H,7-12,15-16H2,1-4H3. The molecule has 34 heavy (non-hydrogen) atoms. The fourth-order valence-electron chi connectivity index (χ4n) is 3.95. The van der Waals surface area contributed by atoms with E-state index in [0.717, 1.165) is 59.7 Å². The van der Waals surface area contributed by atoms with Crippen molar-refractivity contribution in [3.63, 3.8) is 0 Å². The van der Waals surface area contributed by atoms with Crippen molar-refractivity contribution in [3.8, 4) is 23.6 Å². The van der Waals surface area contributed by atoms with Crippen LogP contribution in [0.15, 0.2) is 34.1 Å². The quantitative estimate of drug-likeness (QED) is 0.266. The predicted octanol–water partition coefficient (Wildman–Crippen LogP) is 8.05. The number of hydrogen-bond donors (Lipinski definition) is 1. The molecule has 1 aliphatic rings. The third-order valence-electron chi connectivity index (χ3n) is 5.79. The van der Waals surface area contributed by atoms with Crippen molar-refractivity contribution in [3.05, 3.63) is 35.4 Å². The van der Waals surface area contributed by atoms with E-state index in [1.165, 1.54) is 0 Å². The molecular weight excluding hydrogens is 442 g/mol. The van der Waals surface area contributed by atoms with Gasteiger partial charge in [0.15, 0.2) is 11.5 Å². The normalized spacial score (nSPS) is 11.9. The third kappa shape index (κ3) is 6.39. The molecule has 0 radical (unpaired) electrons. The summed E-state index contributed by atoms with van der Waals surface area (Å²) in [5.74, 6) is 2.24. The molecule has 2 aromatic rings. The Bertz CT molecular complexity index is 983. The van der Waals surface area contributed by atoms with Gasteiger partial charge in [0.2, 0.25) is 0 Å². The van der Waals surface area contributed by atoms with E-state index in [4.69, 9.17) is 9.47 Å². The van der Waals surface area contributed by atoms with Crippen LogP contribution in [0.25, 0.3) is 0 Å². The number of rotatable bonds is 12. The Hall–Kier alpha value is -2.83. The van der Waals surface area contributed by atoms with Gasteiger partial charge in [-0.25, -0.2) is 0 Å². The van der Waals surface area contributed by atoms with Crippen LogP contribution in [0, 0.1) is 34.5 Å². The van der Waals surface area contributed by atoms with Gasteiger partial charge < -0.3 is 14.8 Å². The highest BCUT2D eigenvalue weighted by Gasteiger charge is 2.30. The first kappa shape index (κ1) is 25.8. The number of hydrogen-bond acceptors (Lipinski definition) is 6. The monoisotopic (exact) mass is 477 g/mol. The van der Waals surface area contributed by atoms with Gasteiger partial charge in [-0.05, 0) is 49.7 Å². The first-order valence-corrected chi connectivity index (χ1v) is 13.1. The lowest BCUT2D eigenvalue weighted by molar-refractivity contribution is 0.288. The maximum absolute atomic E-state index is 10.0. The molecule has 0 fully saturated rings. The van der Waals surface area contributed by atoms with E-state index in [2.05, 4.69) is 45.2 Å². The second-order valence-electron chi connectivity index (χ2n) is 9.54. The summed E-state index contributed by atoms with van der Waals surface area (Å²) < 4.78 is 12.4. The second-order valence-corrected chi connectivity index (χ2v) is 10.6. The number of anilines is 2. The number of nitrogens with one attached hydrogen (secondary N) is 1. The average Bonchev–Trinajstić information content (AvgIpc) is 2.82. The molecule has 3 rings (SSSR count). The maximum Gasteiger partial charge on any atom is 0.163 e. The lowest BCUT2D eigenvalue weighted by Crippen LogP contribution is -2.11. The highest BCUT2D eigenvalue weighted by atomic mass is 32.2. The van der Waals surface area contributed by atoms with Gasteiger partial charge in [0.1, 0.15) is 29.0 Å². The molecule has 0 aromatic heterocycles. The lowest BCUT2D eigenvalue weighted by Gasteiger charge is -2.27. The SMILES string of the molecule is CC(C)CCCCOc1c(C#N)c(C#N)c(OCCCCC(C)C)c2c1Nc1ccccc1S2. The van der Waals surface area contributed by atoms with E-state index < -0.39 is 0 Å². The fourth-order valence-corrected chi connectivity index (χ4v) is 5.04. The molecule has 2 aromatic carbocycles. The van der Waals surface area contributed by atoms with E-state index in [9.17, 15) is 10.5 Å². The van der Waals surface area contributed by atoms with Crippen molar-refractivity contribution in [2.24, 2.45) is 11.8 Å². The van der Waals surface area contributed by atoms with Crippen molar-refractivity contribution in [1.82, 2.24) is 0 Å². The Balaban J connectivity index is 1.93. The molecule has 0 saturated carbocycles. The average molecular weight is 478 g/mol. The molecular formula is C28H35N3O2S.